The molecule has 1 amide bonds. The van der Waals surface area contributed by atoms with Crippen LogP contribution in [0.5, 0.6) is 0 Å². The van der Waals surface area contributed by atoms with Gasteiger partial charge in [-0.05, 0) is 34.4 Å². The molecule has 184 valence electrons. The van der Waals surface area contributed by atoms with Crippen LogP contribution in [0.2, 0.25) is 0 Å². The van der Waals surface area contributed by atoms with Crippen molar-refractivity contribution in [1.29, 1.82) is 5.26 Å². The second kappa shape index (κ2) is 11.2. The first-order valence-corrected chi connectivity index (χ1v) is 12.4. The Bertz CT molecular complexity index is 1610. The molecule has 0 aliphatic carbocycles. The highest BCUT2D eigenvalue weighted by atomic mass is 16.1. The van der Waals surface area contributed by atoms with Gasteiger partial charge in [-0.1, -0.05) is 103 Å². The summed E-state index contributed by atoms with van der Waals surface area (Å²) in [7, 11) is 0. The van der Waals surface area contributed by atoms with Crippen LogP contribution in [0.4, 0.5) is 11.5 Å². The van der Waals surface area contributed by atoms with Crippen LogP contribution in [0.15, 0.2) is 120 Å². The average Bonchev–Trinajstić information content (AvgIpc) is 3.26. The summed E-state index contributed by atoms with van der Waals surface area (Å²) in [4.78, 5) is 16.3. The van der Waals surface area contributed by atoms with Crippen molar-refractivity contribution in [3.8, 4) is 28.5 Å². The predicted octanol–water partition coefficient (Wildman–Crippen LogP) is 7.45. The molecule has 0 spiro atoms. The lowest BCUT2D eigenvalue weighted by atomic mass is 9.98. The molecule has 0 saturated heterocycles. The number of anilines is 1. The molecule has 0 atom stereocenters. The third kappa shape index (κ3) is 5.30. The number of hydrogen-bond acceptors (Lipinski definition) is 3. The van der Waals surface area contributed by atoms with Crippen LogP contribution in [-0.4, -0.2) is 16.7 Å². The van der Waals surface area contributed by atoms with Crippen molar-refractivity contribution in [2.45, 2.75) is 13.5 Å². The van der Waals surface area contributed by atoms with Gasteiger partial charge in [0, 0.05) is 30.9 Å². The van der Waals surface area contributed by atoms with Crippen LogP contribution in [0.25, 0.3) is 22.4 Å². The number of nitrogens with one attached hydrogen (secondary N) is 1. The van der Waals surface area contributed by atoms with Crippen molar-refractivity contribution in [3.63, 3.8) is 0 Å². The molecule has 5 heteroatoms. The quantitative estimate of drug-likeness (QED) is 0.239. The first-order chi connectivity index (χ1) is 18.6. The van der Waals surface area contributed by atoms with Gasteiger partial charge in [0.05, 0.1) is 5.69 Å². The van der Waals surface area contributed by atoms with Crippen LogP contribution in [0.1, 0.15) is 23.6 Å². The summed E-state index contributed by atoms with van der Waals surface area (Å²) in [6.45, 7) is 2.04. The van der Waals surface area contributed by atoms with Gasteiger partial charge in [0.15, 0.2) is 5.82 Å². The largest absolute Gasteiger partial charge is 0.326 e. The zero-order valence-electron chi connectivity index (χ0n) is 21.0. The number of amides is 1. The molecule has 1 heterocycles. The minimum Gasteiger partial charge on any atom is -0.326 e. The Kier molecular flexibility index (Phi) is 7.24. The molecule has 1 aromatic heterocycles. The Labute approximate surface area is 222 Å². The first kappa shape index (κ1) is 24.5. The standard InChI is InChI=1S/C33H26N4O/c1-24(38)36-29-19-17-25(18-20-29)22-35-33-30(21-34)31(27-13-7-3-8-14-27)32(28-15-9-4-10-16-28)37(33)23-26-11-5-2-6-12-26/h2-20,22H,23H2,1H3,(H,36,38)/b35-22+. The summed E-state index contributed by atoms with van der Waals surface area (Å²) in [6, 6.07) is 40.3. The van der Waals surface area contributed by atoms with E-state index in [0.717, 1.165) is 39.2 Å². The minimum absolute atomic E-state index is 0.120. The van der Waals surface area contributed by atoms with Gasteiger partial charge >= 0.3 is 0 Å². The van der Waals surface area contributed by atoms with E-state index in [9.17, 15) is 10.1 Å². The van der Waals surface area contributed by atoms with E-state index in [4.69, 9.17) is 4.99 Å². The normalized spacial score (nSPS) is 10.8. The number of aliphatic imine (C=N–C) groups is 1. The van der Waals surface area contributed by atoms with Gasteiger partial charge in [-0.15, -0.1) is 0 Å². The van der Waals surface area contributed by atoms with E-state index in [1.807, 2.05) is 91.0 Å². The molecular formula is C33H26N4O. The zero-order chi connectivity index (χ0) is 26.3. The van der Waals surface area contributed by atoms with E-state index in [1.54, 1.807) is 6.21 Å². The Balaban J connectivity index is 1.71. The van der Waals surface area contributed by atoms with Gasteiger partial charge < -0.3 is 9.88 Å². The van der Waals surface area contributed by atoms with Gasteiger partial charge in [0.2, 0.25) is 5.91 Å². The van der Waals surface area contributed by atoms with E-state index < -0.39 is 0 Å². The summed E-state index contributed by atoms with van der Waals surface area (Å²) in [5, 5.41) is 13.2. The highest BCUT2D eigenvalue weighted by molar-refractivity contribution is 5.93. The maximum atomic E-state index is 11.4. The number of rotatable bonds is 7. The van der Waals surface area contributed by atoms with E-state index in [0.29, 0.717) is 17.9 Å². The lowest BCUT2D eigenvalue weighted by Gasteiger charge is -2.14. The highest BCUT2D eigenvalue weighted by Crippen LogP contribution is 2.43. The van der Waals surface area contributed by atoms with Gasteiger partial charge in [0.25, 0.3) is 0 Å². The van der Waals surface area contributed by atoms with Crippen LogP contribution >= 0.6 is 0 Å². The molecule has 5 nitrogen and oxygen atoms in total. The van der Waals surface area contributed by atoms with Crippen LogP contribution in [0, 0.1) is 11.3 Å². The predicted molar refractivity (Wildman–Crippen MR) is 154 cm³/mol. The van der Waals surface area contributed by atoms with Crippen molar-refractivity contribution >= 4 is 23.6 Å². The third-order valence-electron chi connectivity index (χ3n) is 6.21. The number of carbonyl (C=O) groups excluding carboxylic acids is 1. The number of benzene rings is 4. The smallest absolute Gasteiger partial charge is 0.221 e. The Morgan fingerprint density at radius 1 is 0.842 bits per heavy atom. The van der Waals surface area contributed by atoms with Gasteiger partial charge in [-0.2, -0.15) is 5.26 Å². The van der Waals surface area contributed by atoms with E-state index in [-0.39, 0.29) is 5.91 Å². The fourth-order valence-electron chi connectivity index (χ4n) is 4.54. The van der Waals surface area contributed by atoms with Gasteiger partial charge in [0.1, 0.15) is 11.6 Å². The molecule has 5 rings (SSSR count). The number of nitrogens with zero attached hydrogens (tertiary/aromatic N) is 3. The highest BCUT2D eigenvalue weighted by Gasteiger charge is 2.25. The molecule has 0 radical (unpaired) electrons. The molecule has 0 unspecified atom stereocenters. The third-order valence-corrected chi connectivity index (χ3v) is 6.21. The lowest BCUT2D eigenvalue weighted by molar-refractivity contribution is -0.114. The molecule has 4 aromatic carbocycles. The monoisotopic (exact) mass is 494 g/mol. The van der Waals surface area contributed by atoms with E-state index in [2.05, 4.69) is 40.2 Å². The van der Waals surface area contributed by atoms with Gasteiger partial charge in [-0.25, -0.2) is 4.99 Å². The van der Waals surface area contributed by atoms with Crippen molar-refractivity contribution in [3.05, 3.63) is 132 Å². The first-order valence-electron chi connectivity index (χ1n) is 12.4. The molecule has 0 fully saturated rings. The molecule has 0 aliphatic rings. The Morgan fingerprint density at radius 2 is 1.42 bits per heavy atom. The topological polar surface area (TPSA) is 70.2 Å². The summed E-state index contributed by atoms with van der Waals surface area (Å²) >= 11 is 0. The Morgan fingerprint density at radius 3 is 2.00 bits per heavy atom. The summed E-state index contributed by atoms with van der Waals surface area (Å²) in [5.41, 5.74) is 7.01. The second-order valence-electron chi connectivity index (χ2n) is 8.90. The number of hydrogen-bond donors (Lipinski definition) is 1. The number of carbonyl (C=O) groups is 1. The van der Waals surface area contributed by atoms with Crippen molar-refractivity contribution < 1.29 is 4.79 Å². The molecule has 5 aromatic rings. The second-order valence-corrected chi connectivity index (χ2v) is 8.90. The Hall–Kier alpha value is -5.21. The average molecular weight is 495 g/mol. The van der Waals surface area contributed by atoms with Crippen molar-refractivity contribution in [2.24, 2.45) is 4.99 Å². The number of nitriles is 1. The molecular weight excluding hydrogens is 468 g/mol. The zero-order valence-corrected chi connectivity index (χ0v) is 21.0. The molecule has 0 saturated carbocycles. The van der Waals surface area contributed by atoms with Gasteiger partial charge in [-0.3, -0.25) is 4.79 Å². The van der Waals surface area contributed by atoms with Crippen LogP contribution in [0.3, 0.4) is 0 Å². The molecule has 38 heavy (non-hydrogen) atoms. The van der Waals surface area contributed by atoms with Crippen LogP contribution in [-0.2, 0) is 11.3 Å². The van der Waals surface area contributed by atoms with Crippen LogP contribution < -0.4 is 5.32 Å². The summed E-state index contributed by atoms with van der Waals surface area (Å²) in [6.07, 6.45) is 1.76. The maximum Gasteiger partial charge on any atom is 0.221 e. The van der Waals surface area contributed by atoms with E-state index >= 15 is 0 Å². The van der Waals surface area contributed by atoms with Crippen molar-refractivity contribution in [1.82, 2.24) is 4.57 Å². The lowest BCUT2D eigenvalue weighted by Crippen LogP contribution is -2.05. The van der Waals surface area contributed by atoms with Crippen molar-refractivity contribution in [2.75, 3.05) is 5.32 Å². The summed E-state index contributed by atoms with van der Waals surface area (Å²) < 4.78 is 2.13. The fraction of sp³-hybridized carbons (Fsp3) is 0.0606. The SMILES string of the molecule is CC(=O)Nc1ccc(/C=N/c2c(C#N)c(-c3ccccc3)c(-c3ccccc3)n2Cc2ccccc2)cc1. The molecule has 0 bridgehead atoms. The molecule has 0 aliphatic heterocycles. The molecule has 1 N–H and O–H groups in total. The fourth-order valence-corrected chi connectivity index (χ4v) is 4.54. The van der Waals surface area contributed by atoms with E-state index in [1.165, 1.54) is 6.92 Å². The summed E-state index contributed by atoms with van der Waals surface area (Å²) in [5.74, 6) is 0.477. The number of aromatic nitrogens is 1. The minimum atomic E-state index is -0.120. The maximum absolute atomic E-state index is 11.4.